The van der Waals surface area contributed by atoms with Gasteiger partial charge in [0.25, 0.3) is 0 Å². The second-order valence-electron chi connectivity index (χ2n) is 4.56. The second kappa shape index (κ2) is 4.33. The van der Waals surface area contributed by atoms with Crippen molar-refractivity contribution in [2.24, 2.45) is 0 Å². The molecule has 0 atom stereocenters. The molecule has 0 unspecified atom stereocenters. The molecule has 82 valence electrons. The van der Waals surface area contributed by atoms with Gasteiger partial charge in [0.05, 0.1) is 6.61 Å². The third kappa shape index (κ3) is 2.06. The zero-order valence-corrected chi connectivity index (χ0v) is 9.29. The Labute approximate surface area is 91.3 Å². The van der Waals surface area contributed by atoms with Crippen LogP contribution in [0.15, 0.2) is 24.3 Å². The molecule has 2 N–H and O–H groups in total. The summed E-state index contributed by atoms with van der Waals surface area (Å²) >= 11 is 0. The summed E-state index contributed by atoms with van der Waals surface area (Å²) in [6.45, 7) is 4.39. The van der Waals surface area contributed by atoms with Crippen LogP contribution in [-0.4, -0.2) is 24.8 Å². The Hall–Kier alpha value is -0.860. The van der Waals surface area contributed by atoms with Crippen LogP contribution in [0.3, 0.4) is 0 Å². The number of aliphatic hydroxyl groups excluding tert-OH is 1. The maximum absolute atomic E-state index is 9.66. The summed E-state index contributed by atoms with van der Waals surface area (Å²) in [6, 6.07) is 8.55. The summed E-state index contributed by atoms with van der Waals surface area (Å²) in [5.41, 5.74) is 2.57. The van der Waals surface area contributed by atoms with Crippen molar-refractivity contribution in [3.05, 3.63) is 35.4 Å². The highest BCUT2D eigenvalue weighted by Gasteiger charge is 2.32. The molecule has 1 aliphatic rings. The van der Waals surface area contributed by atoms with E-state index in [4.69, 9.17) is 0 Å². The summed E-state index contributed by atoms with van der Waals surface area (Å²) < 4.78 is 0. The molecule has 15 heavy (non-hydrogen) atoms. The van der Waals surface area contributed by atoms with Gasteiger partial charge in [-0.15, -0.1) is 0 Å². The maximum Gasteiger partial charge on any atom is 0.0528 e. The summed E-state index contributed by atoms with van der Waals surface area (Å²) in [5.74, 6) is 0. The van der Waals surface area contributed by atoms with Gasteiger partial charge in [0.1, 0.15) is 0 Å². The quantitative estimate of drug-likeness (QED) is 0.769. The Balaban J connectivity index is 2.32. The number of hydrogen-bond acceptors (Lipinski definition) is 2. The van der Waals surface area contributed by atoms with Crippen molar-refractivity contribution in [1.29, 1.82) is 0 Å². The zero-order valence-electron chi connectivity index (χ0n) is 9.29. The lowest BCUT2D eigenvalue weighted by Crippen LogP contribution is -2.42. The third-order valence-electron chi connectivity index (χ3n) is 3.49. The summed E-state index contributed by atoms with van der Waals surface area (Å²) in [4.78, 5) is 0. The molecule has 2 heteroatoms. The Bertz CT molecular complexity index is 329. The summed E-state index contributed by atoms with van der Waals surface area (Å²) in [6.07, 6.45) is 2.07. The average molecular weight is 205 g/mol. The van der Waals surface area contributed by atoms with E-state index in [0.717, 1.165) is 25.9 Å². The standard InChI is InChI=1S/C13H19NO/c1-11-3-2-4-12(9-11)13(10-15)5-7-14-8-6-13/h2-4,9,14-15H,5-8,10H2,1H3. The van der Waals surface area contributed by atoms with Crippen molar-refractivity contribution in [2.45, 2.75) is 25.2 Å². The molecular weight excluding hydrogens is 186 g/mol. The third-order valence-corrected chi connectivity index (χ3v) is 3.49. The van der Waals surface area contributed by atoms with E-state index < -0.39 is 0 Å². The molecule has 1 fully saturated rings. The SMILES string of the molecule is Cc1cccc(C2(CO)CCNCC2)c1. The molecule has 2 rings (SSSR count). The lowest BCUT2D eigenvalue weighted by atomic mass is 9.73. The maximum atomic E-state index is 9.66. The number of aliphatic hydroxyl groups is 1. The van der Waals surface area contributed by atoms with Gasteiger partial charge in [-0.25, -0.2) is 0 Å². The van der Waals surface area contributed by atoms with Crippen LogP contribution < -0.4 is 5.32 Å². The highest BCUT2D eigenvalue weighted by atomic mass is 16.3. The van der Waals surface area contributed by atoms with Gasteiger partial charge in [0.2, 0.25) is 0 Å². The molecule has 0 aliphatic carbocycles. The van der Waals surface area contributed by atoms with Crippen molar-refractivity contribution < 1.29 is 5.11 Å². The fourth-order valence-corrected chi connectivity index (χ4v) is 2.42. The van der Waals surface area contributed by atoms with E-state index in [2.05, 4.69) is 36.5 Å². The minimum atomic E-state index is -0.00271. The predicted octanol–water partition coefficient (Wildman–Crippen LogP) is 1.61. The Morgan fingerprint density at radius 2 is 2.07 bits per heavy atom. The normalized spacial score (nSPS) is 20.1. The van der Waals surface area contributed by atoms with Crippen LogP contribution in [0.5, 0.6) is 0 Å². The molecule has 0 spiro atoms. The fraction of sp³-hybridized carbons (Fsp3) is 0.538. The lowest BCUT2D eigenvalue weighted by molar-refractivity contribution is 0.158. The molecule has 1 aromatic carbocycles. The number of hydrogen-bond donors (Lipinski definition) is 2. The van der Waals surface area contributed by atoms with Crippen LogP contribution in [0, 0.1) is 6.92 Å². The van der Waals surface area contributed by atoms with E-state index in [1.165, 1.54) is 11.1 Å². The first-order valence-electron chi connectivity index (χ1n) is 5.66. The highest BCUT2D eigenvalue weighted by molar-refractivity contribution is 5.30. The predicted molar refractivity (Wildman–Crippen MR) is 62.0 cm³/mol. The molecule has 0 aromatic heterocycles. The van der Waals surface area contributed by atoms with Gasteiger partial charge < -0.3 is 10.4 Å². The van der Waals surface area contributed by atoms with E-state index in [1.807, 2.05) is 0 Å². The van der Waals surface area contributed by atoms with Crippen molar-refractivity contribution >= 4 is 0 Å². The molecule has 0 amide bonds. The van der Waals surface area contributed by atoms with Crippen LogP contribution in [0.25, 0.3) is 0 Å². The smallest absolute Gasteiger partial charge is 0.0528 e. The van der Waals surface area contributed by atoms with E-state index in [0.29, 0.717) is 0 Å². The number of piperidine rings is 1. The van der Waals surface area contributed by atoms with Gasteiger partial charge in [-0.1, -0.05) is 29.8 Å². The van der Waals surface area contributed by atoms with Crippen LogP contribution in [0.2, 0.25) is 0 Å². The molecule has 0 radical (unpaired) electrons. The van der Waals surface area contributed by atoms with Crippen molar-refractivity contribution in [2.75, 3.05) is 19.7 Å². The first-order chi connectivity index (χ1) is 7.27. The van der Waals surface area contributed by atoms with Crippen molar-refractivity contribution in [1.82, 2.24) is 5.32 Å². The van der Waals surface area contributed by atoms with Gasteiger partial charge in [0, 0.05) is 5.41 Å². The lowest BCUT2D eigenvalue weighted by Gasteiger charge is -2.36. The van der Waals surface area contributed by atoms with E-state index in [-0.39, 0.29) is 12.0 Å². The zero-order chi connectivity index (χ0) is 10.7. The number of rotatable bonds is 2. The van der Waals surface area contributed by atoms with Crippen molar-refractivity contribution in [3.8, 4) is 0 Å². The highest BCUT2D eigenvalue weighted by Crippen LogP contribution is 2.33. The first kappa shape index (κ1) is 10.7. The summed E-state index contributed by atoms with van der Waals surface area (Å²) in [5, 5.41) is 13.0. The molecule has 1 heterocycles. The second-order valence-corrected chi connectivity index (χ2v) is 4.56. The minimum absolute atomic E-state index is 0.00271. The average Bonchev–Trinajstić information content (AvgIpc) is 2.30. The van der Waals surface area contributed by atoms with E-state index in [1.54, 1.807) is 0 Å². The van der Waals surface area contributed by atoms with Gasteiger partial charge in [0.15, 0.2) is 0 Å². The molecular formula is C13H19NO. The largest absolute Gasteiger partial charge is 0.395 e. The van der Waals surface area contributed by atoms with Gasteiger partial charge >= 0.3 is 0 Å². The van der Waals surface area contributed by atoms with Crippen molar-refractivity contribution in [3.63, 3.8) is 0 Å². The summed E-state index contributed by atoms with van der Waals surface area (Å²) in [7, 11) is 0. The molecule has 1 aromatic rings. The topological polar surface area (TPSA) is 32.3 Å². The molecule has 1 aliphatic heterocycles. The van der Waals surface area contributed by atoms with Crippen LogP contribution in [-0.2, 0) is 5.41 Å². The Morgan fingerprint density at radius 3 is 2.67 bits per heavy atom. The minimum Gasteiger partial charge on any atom is -0.395 e. The number of benzene rings is 1. The van der Waals surface area contributed by atoms with Gasteiger partial charge in [-0.05, 0) is 38.4 Å². The molecule has 0 bridgehead atoms. The number of aryl methyl sites for hydroxylation is 1. The van der Waals surface area contributed by atoms with E-state index in [9.17, 15) is 5.11 Å². The van der Waals surface area contributed by atoms with Gasteiger partial charge in [-0.3, -0.25) is 0 Å². The monoisotopic (exact) mass is 205 g/mol. The van der Waals surface area contributed by atoms with E-state index >= 15 is 0 Å². The molecule has 2 nitrogen and oxygen atoms in total. The number of nitrogens with one attached hydrogen (secondary N) is 1. The van der Waals surface area contributed by atoms with Crippen LogP contribution in [0.1, 0.15) is 24.0 Å². The Morgan fingerprint density at radius 1 is 1.33 bits per heavy atom. The van der Waals surface area contributed by atoms with Gasteiger partial charge in [-0.2, -0.15) is 0 Å². The molecule has 0 saturated carbocycles. The Kier molecular flexibility index (Phi) is 3.08. The van der Waals surface area contributed by atoms with Crippen LogP contribution in [0.4, 0.5) is 0 Å². The molecule has 1 saturated heterocycles. The first-order valence-corrected chi connectivity index (χ1v) is 5.66. The van der Waals surface area contributed by atoms with Crippen LogP contribution >= 0.6 is 0 Å². The fourth-order valence-electron chi connectivity index (χ4n) is 2.42.